The third-order valence-electron chi connectivity index (χ3n) is 4.52. The number of anilines is 3. The molecule has 1 heterocycles. The van der Waals surface area contributed by atoms with Gasteiger partial charge in [0.1, 0.15) is 30.3 Å². The first-order valence-corrected chi connectivity index (χ1v) is 8.87. The molecule has 1 amide bonds. The van der Waals surface area contributed by atoms with Crippen LogP contribution < -0.4 is 31.5 Å². The first-order valence-electron chi connectivity index (χ1n) is 8.87. The number of rotatable bonds is 7. The molecule has 2 aromatic rings. The second kappa shape index (κ2) is 8.98. The highest BCUT2D eigenvalue weighted by atomic mass is 19.4. The Hall–Kier alpha value is -3.70. The summed E-state index contributed by atoms with van der Waals surface area (Å²) in [6.07, 6.45) is -3.60. The van der Waals surface area contributed by atoms with E-state index < -0.39 is 36.4 Å². The molecule has 1 aromatic carbocycles. The Morgan fingerprint density at radius 3 is 2.26 bits per heavy atom. The normalized spacial score (nSPS) is 11.2. The van der Waals surface area contributed by atoms with Crippen LogP contribution in [-0.2, 0) is 18.9 Å². The molecule has 0 radical (unpaired) electrons. The summed E-state index contributed by atoms with van der Waals surface area (Å²) in [5.41, 5.74) is 4.08. The van der Waals surface area contributed by atoms with Crippen LogP contribution in [0.15, 0.2) is 46.6 Å². The van der Waals surface area contributed by atoms with E-state index >= 15 is 0 Å². The van der Waals surface area contributed by atoms with Crippen LogP contribution in [0.2, 0.25) is 0 Å². The van der Waals surface area contributed by atoms with Crippen LogP contribution in [0, 0.1) is 0 Å². The van der Waals surface area contributed by atoms with Gasteiger partial charge in [0.05, 0.1) is 7.11 Å². The highest BCUT2D eigenvalue weighted by Gasteiger charge is 2.34. The van der Waals surface area contributed by atoms with Crippen LogP contribution in [0.3, 0.4) is 0 Å². The van der Waals surface area contributed by atoms with Crippen molar-refractivity contribution in [1.82, 2.24) is 9.13 Å². The molecule has 2 rings (SSSR count). The number of ether oxygens (including phenoxy) is 1. The fourth-order valence-corrected chi connectivity index (χ4v) is 2.84. The van der Waals surface area contributed by atoms with E-state index in [9.17, 15) is 27.6 Å². The second-order valence-electron chi connectivity index (χ2n) is 6.54. The lowest BCUT2D eigenvalue weighted by molar-refractivity contribution is -0.131. The standard InChI is InChI=1S/C19H22F3N5O4/c1-5-26(15-16(23)24(2)18(30)25(3)17(15)29)10-14(28)27(11-19(20,21)22)12-6-8-13(31-4)9-7-12/h5-9H,1,10-11,23H2,2-4H3. The summed E-state index contributed by atoms with van der Waals surface area (Å²) in [6, 6.07) is 5.44. The fourth-order valence-electron chi connectivity index (χ4n) is 2.84. The van der Waals surface area contributed by atoms with Crippen LogP contribution in [0.4, 0.5) is 30.4 Å². The molecule has 1 aromatic heterocycles. The Labute approximate surface area is 175 Å². The monoisotopic (exact) mass is 441 g/mol. The summed E-state index contributed by atoms with van der Waals surface area (Å²) >= 11 is 0. The van der Waals surface area contributed by atoms with E-state index in [1.165, 1.54) is 45.5 Å². The molecule has 0 aliphatic heterocycles. The Morgan fingerprint density at radius 2 is 1.77 bits per heavy atom. The topological polar surface area (TPSA) is 103 Å². The van der Waals surface area contributed by atoms with Crippen molar-refractivity contribution >= 4 is 23.1 Å². The minimum atomic E-state index is -4.68. The first kappa shape index (κ1) is 23.6. The first-order chi connectivity index (χ1) is 14.4. The van der Waals surface area contributed by atoms with Crippen molar-refractivity contribution < 1.29 is 22.7 Å². The molecule has 0 bridgehead atoms. The van der Waals surface area contributed by atoms with Gasteiger partial charge in [0.15, 0.2) is 0 Å². The third kappa shape index (κ3) is 5.08. The molecule has 0 spiro atoms. The van der Waals surface area contributed by atoms with Crippen LogP contribution >= 0.6 is 0 Å². The molecule has 12 heteroatoms. The Kier molecular flexibility index (Phi) is 6.83. The van der Waals surface area contributed by atoms with Crippen LogP contribution in [-0.4, -0.2) is 41.4 Å². The molecule has 0 aliphatic rings. The number of methoxy groups -OCH3 is 1. The number of halogens is 3. The predicted octanol–water partition coefficient (Wildman–Crippen LogP) is 1.22. The van der Waals surface area contributed by atoms with Gasteiger partial charge in [-0.1, -0.05) is 6.58 Å². The maximum Gasteiger partial charge on any atom is 0.406 e. The number of hydrogen-bond donors (Lipinski definition) is 1. The Bertz CT molecular complexity index is 1090. The molecule has 0 saturated heterocycles. The lowest BCUT2D eigenvalue weighted by Crippen LogP contribution is -2.46. The number of carbonyl (C=O) groups is 1. The van der Waals surface area contributed by atoms with Crippen molar-refractivity contribution in [3.63, 3.8) is 0 Å². The molecule has 168 valence electrons. The van der Waals surface area contributed by atoms with Gasteiger partial charge in [-0.2, -0.15) is 13.2 Å². The number of amides is 1. The van der Waals surface area contributed by atoms with Crippen LogP contribution in [0.1, 0.15) is 0 Å². The summed E-state index contributed by atoms with van der Waals surface area (Å²) in [4.78, 5) is 38.9. The molecular weight excluding hydrogens is 419 g/mol. The van der Waals surface area contributed by atoms with Gasteiger partial charge in [-0.3, -0.25) is 18.7 Å². The lowest BCUT2D eigenvalue weighted by atomic mass is 10.2. The molecular formula is C19H22F3N5O4. The SMILES string of the molecule is C=CN(CC(=O)N(CC(F)(F)F)c1ccc(OC)cc1)c1c(N)n(C)c(=O)n(C)c1=O. The predicted molar refractivity (Wildman–Crippen MR) is 110 cm³/mol. The Morgan fingerprint density at radius 1 is 1.19 bits per heavy atom. The molecule has 0 atom stereocenters. The molecule has 0 saturated carbocycles. The summed E-state index contributed by atoms with van der Waals surface area (Å²) in [7, 11) is 3.93. The minimum absolute atomic E-state index is 0.0199. The number of hydrogen-bond acceptors (Lipinski definition) is 6. The van der Waals surface area contributed by atoms with Crippen LogP contribution in [0.25, 0.3) is 0 Å². The van der Waals surface area contributed by atoms with E-state index in [-0.39, 0.29) is 17.2 Å². The zero-order valence-corrected chi connectivity index (χ0v) is 17.1. The second-order valence-corrected chi connectivity index (χ2v) is 6.54. The van der Waals surface area contributed by atoms with Crippen molar-refractivity contribution in [1.29, 1.82) is 0 Å². The van der Waals surface area contributed by atoms with Crippen molar-refractivity contribution in [3.8, 4) is 5.75 Å². The van der Waals surface area contributed by atoms with E-state index in [0.717, 1.165) is 20.2 Å². The molecule has 31 heavy (non-hydrogen) atoms. The number of carbonyl (C=O) groups excluding carboxylic acids is 1. The number of nitrogens with two attached hydrogens (primary N) is 1. The van der Waals surface area contributed by atoms with Crippen LogP contribution in [0.5, 0.6) is 5.75 Å². The van der Waals surface area contributed by atoms with Crippen molar-refractivity contribution in [2.45, 2.75) is 6.18 Å². The molecule has 0 aliphatic carbocycles. The number of nitrogen functional groups attached to an aromatic ring is 1. The average Bonchev–Trinajstić information content (AvgIpc) is 2.73. The number of alkyl halides is 3. The van der Waals surface area contributed by atoms with E-state index in [1.807, 2.05) is 0 Å². The number of benzene rings is 1. The van der Waals surface area contributed by atoms with Gasteiger partial charge in [-0.05, 0) is 30.5 Å². The maximum absolute atomic E-state index is 13.2. The van der Waals surface area contributed by atoms with Crippen molar-refractivity contribution in [3.05, 3.63) is 57.9 Å². The fraction of sp³-hybridized carbons (Fsp3) is 0.316. The zero-order chi connectivity index (χ0) is 23.5. The molecule has 9 nitrogen and oxygen atoms in total. The van der Waals surface area contributed by atoms with Crippen molar-refractivity contribution in [2.75, 3.05) is 35.7 Å². The van der Waals surface area contributed by atoms with Gasteiger partial charge in [0.2, 0.25) is 5.91 Å². The average molecular weight is 441 g/mol. The van der Waals surface area contributed by atoms with Gasteiger partial charge < -0.3 is 20.3 Å². The third-order valence-corrected chi connectivity index (χ3v) is 4.52. The summed E-state index contributed by atoms with van der Waals surface area (Å²) in [6.45, 7) is 1.28. The molecule has 0 unspecified atom stereocenters. The van der Waals surface area contributed by atoms with Gasteiger partial charge in [-0.25, -0.2) is 4.79 Å². The highest BCUT2D eigenvalue weighted by molar-refractivity contribution is 5.97. The van der Waals surface area contributed by atoms with Crippen molar-refractivity contribution in [2.24, 2.45) is 14.1 Å². The van der Waals surface area contributed by atoms with E-state index in [0.29, 0.717) is 10.6 Å². The molecule has 2 N–H and O–H groups in total. The maximum atomic E-state index is 13.2. The zero-order valence-electron chi connectivity index (χ0n) is 17.1. The van der Waals surface area contributed by atoms with Gasteiger partial charge in [0, 0.05) is 19.8 Å². The highest BCUT2D eigenvalue weighted by Crippen LogP contribution is 2.25. The number of nitrogens with zero attached hydrogens (tertiary/aromatic N) is 4. The quantitative estimate of drug-likeness (QED) is 0.693. The summed E-state index contributed by atoms with van der Waals surface area (Å²) in [5, 5.41) is 0. The van der Waals surface area contributed by atoms with Gasteiger partial charge >= 0.3 is 11.9 Å². The van der Waals surface area contributed by atoms with Gasteiger partial charge in [0.25, 0.3) is 5.56 Å². The Balaban J connectivity index is 2.47. The summed E-state index contributed by atoms with van der Waals surface area (Å²) in [5.74, 6) is -0.831. The van der Waals surface area contributed by atoms with Gasteiger partial charge in [-0.15, -0.1) is 0 Å². The van der Waals surface area contributed by atoms with E-state index in [2.05, 4.69) is 6.58 Å². The summed E-state index contributed by atoms with van der Waals surface area (Å²) < 4.78 is 46.2. The number of aromatic nitrogens is 2. The lowest BCUT2D eigenvalue weighted by Gasteiger charge is -2.28. The molecule has 0 fully saturated rings. The van der Waals surface area contributed by atoms with E-state index in [1.54, 1.807) is 0 Å². The minimum Gasteiger partial charge on any atom is -0.497 e. The van der Waals surface area contributed by atoms with E-state index in [4.69, 9.17) is 10.5 Å². The smallest absolute Gasteiger partial charge is 0.406 e. The largest absolute Gasteiger partial charge is 0.497 e.